The van der Waals surface area contributed by atoms with Gasteiger partial charge in [0, 0.05) is 36.3 Å². The van der Waals surface area contributed by atoms with Gasteiger partial charge in [-0.25, -0.2) is 12.8 Å². The summed E-state index contributed by atoms with van der Waals surface area (Å²) in [6.07, 6.45) is 0.875. The van der Waals surface area contributed by atoms with Crippen molar-refractivity contribution in [2.45, 2.75) is 51.0 Å². The first-order valence-electron chi connectivity index (χ1n) is 11.1. The van der Waals surface area contributed by atoms with E-state index in [4.69, 9.17) is 4.52 Å². The van der Waals surface area contributed by atoms with Crippen LogP contribution < -0.4 is 5.32 Å². The van der Waals surface area contributed by atoms with Gasteiger partial charge in [-0.3, -0.25) is 4.79 Å². The summed E-state index contributed by atoms with van der Waals surface area (Å²) in [7, 11) is -3.71. The first-order chi connectivity index (χ1) is 16.1. The Labute approximate surface area is 202 Å². The minimum atomic E-state index is -3.71. The van der Waals surface area contributed by atoms with Gasteiger partial charge in [-0.2, -0.15) is 9.29 Å². The summed E-state index contributed by atoms with van der Waals surface area (Å²) in [5.74, 6) is 0.266. The summed E-state index contributed by atoms with van der Waals surface area (Å²) < 4.78 is 46.3. The van der Waals surface area contributed by atoms with Crippen LogP contribution in [-0.2, 0) is 21.4 Å². The van der Waals surface area contributed by atoms with E-state index in [1.165, 1.54) is 27.8 Å². The Morgan fingerprint density at radius 1 is 1.26 bits per heavy atom. The summed E-state index contributed by atoms with van der Waals surface area (Å²) in [6.45, 7) is 6.49. The maximum atomic E-state index is 13.3. The monoisotopic (exact) mass is 506 g/mol. The van der Waals surface area contributed by atoms with Crippen LogP contribution in [0.15, 0.2) is 39.8 Å². The van der Waals surface area contributed by atoms with Crippen molar-refractivity contribution in [1.29, 1.82) is 0 Å². The van der Waals surface area contributed by atoms with Crippen molar-refractivity contribution in [1.82, 2.24) is 19.8 Å². The van der Waals surface area contributed by atoms with E-state index in [2.05, 4.69) is 15.5 Å². The highest BCUT2D eigenvalue weighted by Gasteiger charge is 2.34. The van der Waals surface area contributed by atoms with Crippen LogP contribution in [0.4, 0.5) is 4.39 Å². The molecule has 1 saturated heterocycles. The van der Waals surface area contributed by atoms with Gasteiger partial charge in [0.15, 0.2) is 0 Å². The number of nitrogens with one attached hydrogen (secondary N) is 1. The number of thiophene rings is 1. The normalized spacial score (nSPS) is 15.7. The minimum Gasteiger partial charge on any atom is -0.352 e. The number of hydrogen-bond acceptors (Lipinski definition) is 7. The van der Waals surface area contributed by atoms with Crippen LogP contribution in [0.2, 0.25) is 0 Å². The number of piperidine rings is 1. The number of nitrogens with zero attached hydrogens (tertiary/aromatic N) is 3. The van der Waals surface area contributed by atoms with Crippen LogP contribution in [0, 0.1) is 18.7 Å². The van der Waals surface area contributed by atoms with Gasteiger partial charge in [0.25, 0.3) is 0 Å². The van der Waals surface area contributed by atoms with Crippen molar-refractivity contribution in [2.24, 2.45) is 5.92 Å². The molecule has 0 bridgehead atoms. The Hall–Kier alpha value is -2.63. The maximum Gasteiger partial charge on any atom is 0.244 e. The average Bonchev–Trinajstić information content (AvgIpc) is 3.46. The van der Waals surface area contributed by atoms with Gasteiger partial charge >= 0.3 is 0 Å². The average molecular weight is 507 g/mol. The highest BCUT2D eigenvalue weighted by Crippen LogP contribution is 2.35. The number of benzene rings is 1. The van der Waals surface area contributed by atoms with Crippen molar-refractivity contribution in [2.75, 3.05) is 13.1 Å². The predicted octanol–water partition coefficient (Wildman–Crippen LogP) is 4.09. The Kier molecular flexibility index (Phi) is 7.15. The molecule has 0 aliphatic carbocycles. The van der Waals surface area contributed by atoms with Gasteiger partial charge in [-0.05, 0) is 43.5 Å². The second-order valence-corrected chi connectivity index (χ2v) is 11.8. The van der Waals surface area contributed by atoms with Crippen LogP contribution in [-0.4, -0.2) is 41.9 Å². The molecule has 0 radical (unpaired) electrons. The van der Waals surface area contributed by atoms with Crippen LogP contribution in [0.1, 0.15) is 48.9 Å². The molecule has 2 aromatic heterocycles. The lowest BCUT2D eigenvalue weighted by atomic mass is 9.97. The Morgan fingerprint density at radius 3 is 2.56 bits per heavy atom. The number of carbonyl (C=O) groups is 1. The Bertz CT molecular complexity index is 1260. The first kappa shape index (κ1) is 24.5. The summed E-state index contributed by atoms with van der Waals surface area (Å²) in [5, 5.41) is 6.85. The van der Waals surface area contributed by atoms with E-state index in [0.717, 1.165) is 5.56 Å². The molecule has 3 heterocycles. The second-order valence-electron chi connectivity index (χ2n) is 8.66. The molecule has 1 aliphatic rings. The quantitative estimate of drug-likeness (QED) is 0.518. The topological polar surface area (TPSA) is 105 Å². The zero-order valence-corrected chi connectivity index (χ0v) is 20.9. The number of carbonyl (C=O) groups excluding carboxylic acids is 1. The first-order valence-corrected chi connectivity index (χ1v) is 13.4. The fraction of sp³-hybridized carbons (Fsp3) is 0.435. The molecule has 1 amide bonds. The molecular weight excluding hydrogens is 479 g/mol. The van der Waals surface area contributed by atoms with E-state index < -0.39 is 10.0 Å². The van der Waals surface area contributed by atoms with Gasteiger partial charge in [0.2, 0.25) is 27.6 Å². The largest absolute Gasteiger partial charge is 0.352 e. The lowest BCUT2D eigenvalue weighted by Crippen LogP contribution is -2.42. The molecule has 0 saturated carbocycles. The molecular formula is C23H27FN4O4S2. The summed E-state index contributed by atoms with van der Waals surface area (Å²) in [5.41, 5.74) is 0.806. The Morgan fingerprint density at radius 2 is 1.94 bits per heavy atom. The number of sulfonamides is 1. The van der Waals surface area contributed by atoms with Gasteiger partial charge < -0.3 is 9.84 Å². The number of hydrogen-bond donors (Lipinski definition) is 1. The Balaban J connectivity index is 1.38. The fourth-order valence-electron chi connectivity index (χ4n) is 3.83. The molecule has 4 rings (SSSR count). The molecule has 1 aromatic carbocycles. The molecule has 11 heteroatoms. The van der Waals surface area contributed by atoms with Gasteiger partial charge in [0.05, 0.1) is 9.77 Å². The number of aromatic nitrogens is 2. The molecule has 3 aromatic rings. The molecule has 182 valence electrons. The van der Waals surface area contributed by atoms with Crippen LogP contribution in [0.5, 0.6) is 0 Å². The molecule has 0 spiro atoms. The molecule has 1 N–H and O–H groups in total. The van der Waals surface area contributed by atoms with Crippen molar-refractivity contribution < 1.29 is 22.1 Å². The van der Waals surface area contributed by atoms with Gasteiger partial charge in [0.1, 0.15) is 5.82 Å². The third kappa shape index (κ3) is 5.21. The number of halogens is 1. The number of rotatable bonds is 7. The van der Waals surface area contributed by atoms with E-state index in [-0.39, 0.29) is 41.5 Å². The van der Waals surface area contributed by atoms with Crippen LogP contribution >= 0.6 is 11.3 Å². The standard InChI is InChI=1S/C23H27FN4O4S2/c1-14(2)23-26-21(27-32-23)19-12-20(15(3)33-19)34(30,31)28-10-8-17(9-11-28)22(29)25-13-16-4-6-18(24)7-5-16/h4-7,12,14,17H,8-11,13H2,1-3H3,(H,25,29). The van der Waals surface area contributed by atoms with E-state index in [1.54, 1.807) is 25.1 Å². The SMILES string of the molecule is Cc1sc(-c2noc(C(C)C)n2)cc1S(=O)(=O)N1CCC(C(=O)NCc2ccc(F)cc2)CC1. The molecule has 8 nitrogen and oxygen atoms in total. The van der Waals surface area contributed by atoms with Crippen molar-refractivity contribution in [3.05, 3.63) is 52.5 Å². The van der Waals surface area contributed by atoms with Crippen LogP contribution in [0.3, 0.4) is 0 Å². The van der Waals surface area contributed by atoms with Gasteiger partial charge in [-0.1, -0.05) is 31.1 Å². The third-order valence-electron chi connectivity index (χ3n) is 5.85. The maximum absolute atomic E-state index is 13.3. The van der Waals surface area contributed by atoms with Crippen molar-refractivity contribution >= 4 is 27.3 Å². The minimum absolute atomic E-state index is 0.0831. The van der Waals surface area contributed by atoms with E-state index in [9.17, 15) is 17.6 Å². The smallest absolute Gasteiger partial charge is 0.244 e. The molecule has 0 unspecified atom stereocenters. The molecule has 1 fully saturated rings. The van der Waals surface area contributed by atoms with Crippen molar-refractivity contribution in [3.63, 3.8) is 0 Å². The lowest BCUT2D eigenvalue weighted by Gasteiger charge is -2.30. The van der Waals surface area contributed by atoms with E-state index in [0.29, 0.717) is 40.9 Å². The zero-order valence-electron chi connectivity index (χ0n) is 19.2. The number of amides is 1. The zero-order chi connectivity index (χ0) is 24.5. The summed E-state index contributed by atoms with van der Waals surface area (Å²) in [4.78, 5) is 18.5. The summed E-state index contributed by atoms with van der Waals surface area (Å²) >= 11 is 1.32. The molecule has 34 heavy (non-hydrogen) atoms. The second kappa shape index (κ2) is 9.93. The highest BCUT2D eigenvalue weighted by molar-refractivity contribution is 7.89. The van der Waals surface area contributed by atoms with Crippen molar-refractivity contribution in [3.8, 4) is 10.7 Å². The van der Waals surface area contributed by atoms with Crippen LogP contribution in [0.25, 0.3) is 10.7 Å². The number of aryl methyl sites for hydroxylation is 1. The molecule has 1 aliphatic heterocycles. The van der Waals surface area contributed by atoms with E-state index >= 15 is 0 Å². The third-order valence-corrected chi connectivity index (χ3v) is 9.05. The van der Waals surface area contributed by atoms with Gasteiger partial charge in [-0.15, -0.1) is 11.3 Å². The fourth-order valence-corrected chi connectivity index (χ4v) is 6.79. The highest BCUT2D eigenvalue weighted by atomic mass is 32.2. The predicted molar refractivity (Wildman–Crippen MR) is 126 cm³/mol. The van der Waals surface area contributed by atoms with E-state index in [1.807, 2.05) is 13.8 Å². The summed E-state index contributed by atoms with van der Waals surface area (Å²) in [6, 6.07) is 7.56. The molecule has 0 atom stereocenters. The lowest BCUT2D eigenvalue weighted by molar-refractivity contribution is -0.126.